The van der Waals surface area contributed by atoms with Crippen LogP contribution < -0.4 is 4.74 Å². The van der Waals surface area contributed by atoms with E-state index in [-0.39, 0.29) is 12.1 Å². The van der Waals surface area contributed by atoms with Gasteiger partial charge < -0.3 is 4.74 Å². The summed E-state index contributed by atoms with van der Waals surface area (Å²) in [6.45, 7) is 1.59. The molecule has 6 heteroatoms. The topological polar surface area (TPSA) is 45.9 Å². The van der Waals surface area contributed by atoms with Gasteiger partial charge in [-0.1, -0.05) is 0 Å². The fraction of sp³-hybridized carbons (Fsp3) is 0.333. The molecule has 0 fully saturated rings. The number of rotatable bonds is 2. The minimum Gasteiger partial charge on any atom is -0.404 e. The molecule has 15 heavy (non-hydrogen) atoms. The van der Waals surface area contributed by atoms with E-state index in [0.29, 0.717) is 5.56 Å². The van der Waals surface area contributed by atoms with E-state index in [4.69, 9.17) is 5.26 Å². The summed E-state index contributed by atoms with van der Waals surface area (Å²) in [7, 11) is 0. The van der Waals surface area contributed by atoms with Crippen LogP contribution in [0.25, 0.3) is 0 Å². The molecule has 0 spiro atoms. The summed E-state index contributed by atoms with van der Waals surface area (Å²) in [5.74, 6) is -0.413. The highest BCUT2D eigenvalue weighted by Gasteiger charge is 2.32. The summed E-state index contributed by atoms with van der Waals surface area (Å²) in [6.07, 6.45) is -3.60. The second kappa shape index (κ2) is 4.17. The Morgan fingerprint density at radius 3 is 2.73 bits per heavy atom. The van der Waals surface area contributed by atoms with Gasteiger partial charge in [0.05, 0.1) is 18.2 Å². The average molecular weight is 216 g/mol. The number of hydrogen-bond acceptors (Lipinski definition) is 3. The van der Waals surface area contributed by atoms with Crippen LogP contribution in [-0.2, 0) is 6.42 Å². The zero-order chi connectivity index (χ0) is 11.5. The number of halogens is 3. The van der Waals surface area contributed by atoms with Gasteiger partial charge in [0.15, 0.2) is 5.75 Å². The van der Waals surface area contributed by atoms with Crippen molar-refractivity contribution in [2.24, 2.45) is 0 Å². The number of hydrogen-bond donors (Lipinski definition) is 0. The van der Waals surface area contributed by atoms with Crippen LogP contribution in [0.2, 0.25) is 0 Å². The summed E-state index contributed by atoms with van der Waals surface area (Å²) in [5.41, 5.74) is 0.524. The quantitative estimate of drug-likeness (QED) is 0.762. The van der Waals surface area contributed by atoms with Crippen molar-refractivity contribution in [2.75, 3.05) is 0 Å². The monoisotopic (exact) mass is 216 g/mol. The third kappa shape index (κ3) is 3.46. The Balaban J connectivity index is 3.03. The van der Waals surface area contributed by atoms with Crippen LogP contribution in [-0.4, -0.2) is 11.3 Å². The highest BCUT2D eigenvalue weighted by atomic mass is 19.4. The molecule has 0 bridgehead atoms. The Labute approximate surface area is 84.1 Å². The first-order chi connectivity index (χ1) is 6.92. The largest absolute Gasteiger partial charge is 0.573 e. The van der Waals surface area contributed by atoms with E-state index >= 15 is 0 Å². The van der Waals surface area contributed by atoms with Crippen LogP contribution in [0.15, 0.2) is 12.3 Å². The Morgan fingerprint density at radius 2 is 2.20 bits per heavy atom. The van der Waals surface area contributed by atoms with Gasteiger partial charge in [0.25, 0.3) is 0 Å². The smallest absolute Gasteiger partial charge is 0.404 e. The number of aromatic nitrogens is 1. The van der Waals surface area contributed by atoms with Gasteiger partial charge in [-0.3, -0.25) is 4.98 Å². The summed E-state index contributed by atoms with van der Waals surface area (Å²) in [4.78, 5) is 3.70. The van der Waals surface area contributed by atoms with Crippen molar-refractivity contribution < 1.29 is 17.9 Å². The molecule has 80 valence electrons. The molecule has 3 nitrogen and oxygen atoms in total. The molecular weight excluding hydrogens is 209 g/mol. The van der Waals surface area contributed by atoms with Crippen molar-refractivity contribution in [3.63, 3.8) is 0 Å². The first kappa shape index (κ1) is 11.3. The summed E-state index contributed by atoms with van der Waals surface area (Å²) in [5, 5.41) is 8.38. The molecule has 0 aliphatic rings. The fourth-order valence-electron chi connectivity index (χ4n) is 0.991. The standard InChI is InChI=1S/C9H7F3N2O/c1-6-4-8(15-9(10,11)12)7(2-3-13)14-5-6/h4-5H,2H2,1H3. The fourth-order valence-corrected chi connectivity index (χ4v) is 0.991. The van der Waals surface area contributed by atoms with E-state index < -0.39 is 12.1 Å². The molecule has 1 aromatic rings. The molecule has 0 N–H and O–H groups in total. The highest BCUT2D eigenvalue weighted by molar-refractivity contribution is 5.32. The third-order valence-electron chi connectivity index (χ3n) is 1.54. The number of aryl methyl sites for hydroxylation is 1. The number of alkyl halides is 3. The van der Waals surface area contributed by atoms with Gasteiger partial charge in [-0.2, -0.15) is 5.26 Å². The number of pyridine rings is 1. The third-order valence-corrected chi connectivity index (χ3v) is 1.54. The van der Waals surface area contributed by atoms with Crippen molar-refractivity contribution in [2.45, 2.75) is 19.7 Å². The minimum atomic E-state index is -4.76. The molecule has 0 amide bonds. The van der Waals surface area contributed by atoms with Gasteiger partial charge >= 0.3 is 6.36 Å². The predicted molar refractivity (Wildman–Crippen MR) is 45.0 cm³/mol. The lowest BCUT2D eigenvalue weighted by molar-refractivity contribution is -0.275. The second-order valence-electron chi connectivity index (χ2n) is 2.84. The van der Waals surface area contributed by atoms with Gasteiger partial charge in [0, 0.05) is 6.20 Å². The summed E-state index contributed by atoms with van der Waals surface area (Å²) >= 11 is 0. The SMILES string of the molecule is Cc1cnc(CC#N)c(OC(F)(F)F)c1. The van der Waals surface area contributed by atoms with E-state index in [2.05, 4.69) is 9.72 Å². The van der Waals surface area contributed by atoms with Crippen LogP contribution in [0.4, 0.5) is 13.2 Å². The highest BCUT2D eigenvalue weighted by Crippen LogP contribution is 2.26. The number of nitriles is 1. The lowest BCUT2D eigenvalue weighted by Crippen LogP contribution is -2.18. The van der Waals surface area contributed by atoms with Crippen molar-refractivity contribution in [1.82, 2.24) is 4.98 Å². The molecule has 1 rings (SSSR count). The normalized spacial score (nSPS) is 10.9. The Morgan fingerprint density at radius 1 is 1.53 bits per heavy atom. The molecule has 1 heterocycles. The van der Waals surface area contributed by atoms with Crippen molar-refractivity contribution in [3.8, 4) is 11.8 Å². The average Bonchev–Trinajstić information content (AvgIpc) is 2.07. The van der Waals surface area contributed by atoms with Gasteiger partial charge in [-0.15, -0.1) is 13.2 Å². The lowest BCUT2D eigenvalue weighted by Gasteiger charge is -2.11. The zero-order valence-electron chi connectivity index (χ0n) is 7.80. The molecule has 0 radical (unpaired) electrons. The molecule has 0 aliphatic carbocycles. The molecule has 0 saturated heterocycles. The van der Waals surface area contributed by atoms with Crippen molar-refractivity contribution in [3.05, 3.63) is 23.5 Å². The predicted octanol–water partition coefficient (Wildman–Crippen LogP) is 2.35. The van der Waals surface area contributed by atoms with Crippen LogP contribution in [0.1, 0.15) is 11.3 Å². The Bertz CT molecular complexity index is 395. The molecule has 0 saturated carbocycles. The lowest BCUT2D eigenvalue weighted by atomic mass is 10.2. The maximum absolute atomic E-state index is 12.0. The van der Waals surface area contributed by atoms with Gasteiger partial charge in [-0.05, 0) is 18.6 Å². The minimum absolute atomic E-state index is 0.0135. The molecule has 0 aliphatic heterocycles. The van der Waals surface area contributed by atoms with Crippen LogP contribution in [0, 0.1) is 18.3 Å². The Kier molecular flexibility index (Phi) is 3.14. The molecule has 0 atom stereocenters. The first-order valence-corrected chi connectivity index (χ1v) is 4.00. The molecule has 1 aromatic heterocycles. The van der Waals surface area contributed by atoms with Crippen LogP contribution >= 0.6 is 0 Å². The maximum atomic E-state index is 12.0. The first-order valence-electron chi connectivity index (χ1n) is 4.00. The van der Waals surface area contributed by atoms with Crippen molar-refractivity contribution >= 4 is 0 Å². The number of nitrogens with zero attached hydrogens (tertiary/aromatic N) is 2. The second-order valence-corrected chi connectivity index (χ2v) is 2.84. The summed E-state index contributed by atoms with van der Waals surface area (Å²) < 4.78 is 39.6. The Hall–Kier alpha value is -1.77. The van der Waals surface area contributed by atoms with E-state index in [0.717, 1.165) is 0 Å². The van der Waals surface area contributed by atoms with Gasteiger partial charge in [-0.25, -0.2) is 0 Å². The zero-order valence-corrected chi connectivity index (χ0v) is 7.80. The molecule has 0 aromatic carbocycles. The van der Waals surface area contributed by atoms with Gasteiger partial charge in [0.1, 0.15) is 0 Å². The van der Waals surface area contributed by atoms with Crippen LogP contribution in [0.5, 0.6) is 5.75 Å². The van der Waals surface area contributed by atoms with Crippen LogP contribution in [0.3, 0.4) is 0 Å². The number of ether oxygens (including phenoxy) is 1. The summed E-state index contributed by atoms with van der Waals surface area (Å²) in [6, 6.07) is 2.92. The van der Waals surface area contributed by atoms with Gasteiger partial charge in [0.2, 0.25) is 0 Å². The van der Waals surface area contributed by atoms with E-state index in [1.807, 2.05) is 0 Å². The van der Waals surface area contributed by atoms with E-state index in [9.17, 15) is 13.2 Å². The maximum Gasteiger partial charge on any atom is 0.573 e. The molecular formula is C9H7F3N2O. The van der Waals surface area contributed by atoms with E-state index in [1.165, 1.54) is 12.3 Å². The van der Waals surface area contributed by atoms with Crippen molar-refractivity contribution in [1.29, 1.82) is 5.26 Å². The van der Waals surface area contributed by atoms with E-state index in [1.54, 1.807) is 13.0 Å². The molecule has 0 unspecified atom stereocenters.